The Morgan fingerprint density at radius 2 is 2.50 bits per heavy atom. The van der Waals surface area contributed by atoms with Crippen LogP contribution in [0.25, 0.3) is 0 Å². The summed E-state index contributed by atoms with van der Waals surface area (Å²) in [5.74, 6) is 0.311. The highest BCUT2D eigenvalue weighted by Gasteiger charge is 2.27. The summed E-state index contributed by atoms with van der Waals surface area (Å²) in [6, 6.07) is 0. The highest BCUT2D eigenvalue weighted by atomic mass is 32.2. The standard InChI is InChI=1S/C9H15N3OS/c1-7(13)8-3-4-12(5-8)9(14-2)11-6-10/h7-8,13H,3-5H2,1-2H3. The third-order valence-electron chi connectivity index (χ3n) is 2.51. The zero-order valence-corrected chi connectivity index (χ0v) is 9.29. The second kappa shape index (κ2) is 5.23. The lowest BCUT2D eigenvalue weighted by Gasteiger charge is -2.18. The van der Waals surface area contributed by atoms with E-state index < -0.39 is 0 Å². The van der Waals surface area contributed by atoms with Gasteiger partial charge in [0.1, 0.15) is 0 Å². The molecule has 0 aromatic heterocycles. The zero-order chi connectivity index (χ0) is 10.6. The average Bonchev–Trinajstić information content (AvgIpc) is 2.63. The topological polar surface area (TPSA) is 59.6 Å². The minimum atomic E-state index is -0.273. The van der Waals surface area contributed by atoms with Crippen molar-refractivity contribution in [2.45, 2.75) is 19.4 Å². The van der Waals surface area contributed by atoms with Gasteiger partial charge in [-0.1, -0.05) is 11.8 Å². The molecule has 2 atom stereocenters. The number of nitriles is 1. The normalized spacial score (nSPS) is 24.9. The lowest BCUT2D eigenvalue weighted by Crippen LogP contribution is -2.28. The molecule has 2 unspecified atom stereocenters. The van der Waals surface area contributed by atoms with E-state index >= 15 is 0 Å². The number of aliphatic hydroxyl groups excluding tert-OH is 1. The molecule has 1 saturated heterocycles. The summed E-state index contributed by atoms with van der Waals surface area (Å²) in [7, 11) is 0. The molecule has 78 valence electrons. The van der Waals surface area contributed by atoms with Crippen molar-refractivity contribution in [3.63, 3.8) is 0 Å². The van der Waals surface area contributed by atoms with Crippen LogP contribution in [0.3, 0.4) is 0 Å². The number of aliphatic imine (C=N–C) groups is 1. The highest BCUT2D eigenvalue weighted by Crippen LogP contribution is 2.22. The summed E-state index contributed by atoms with van der Waals surface area (Å²) in [6.45, 7) is 3.50. The second-order valence-corrected chi connectivity index (χ2v) is 4.21. The van der Waals surface area contributed by atoms with Crippen LogP contribution in [0.4, 0.5) is 0 Å². The molecule has 1 rings (SSSR count). The fourth-order valence-electron chi connectivity index (χ4n) is 1.64. The first kappa shape index (κ1) is 11.3. The van der Waals surface area contributed by atoms with Crippen LogP contribution in [-0.4, -0.2) is 40.6 Å². The smallest absolute Gasteiger partial charge is 0.208 e. The number of hydrogen-bond donors (Lipinski definition) is 1. The molecule has 1 aliphatic heterocycles. The number of nitrogens with zero attached hydrogens (tertiary/aromatic N) is 3. The Bertz CT molecular complexity index is 259. The summed E-state index contributed by atoms with van der Waals surface area (Å²) >= 11 is 1.48. The van der Waals surface area contributed by atoms with Gasteiger partial charge in [0.2, 0.25) is 6.19 Å². The molecule has 0 spiro atoms. The van der Waals surface area contributed by atoms with Crippen LogP contribution in [0.15, 0.2) is 4.99 Å². The molecule has 1 N–H and O–H groups in total. The van der Waals surface area contributed by atoms with Gasteiger partial charge in [-0.25, -0.2) is 0 Å². The van der Waals surface area contributed by atoms with Gasteiger partial charge in [-0.15, -0.1) is 4.99 Å². The van der Waals surface area contributed by atoms with Crippen LogP contribution in [0, 0.1) is 17.4 Å². The van der Waals surface area contributed by atoms with E-state index in [1.54, 1.807) is 6.19 Å². The Morgan fingerprint density at radius 3 is 2.93 bits per heavy atom. The Hall–Kier alpha value is -0.730. The Morgan fingerprint density at radius 1 is 1.79 bits per heavy atom. The number of hydrogen-bond acceptors (Lipinski definition) is 4. The minimum absolute atomic E-state index is 0.273. The Kier molecular flexibility index (Phi) is 4.23. The number of likely N-dealkylation sites (tertiary alicyclic amines) is 1. The van der Waals surface area contributed by atoms with E-state index in [-0.39, 0.29) is 6.10 Å². The first-order chi connectivity index (χ1) is 6.69. The van der Waals surface area contributed by atoms with Gasteiger partial charge in [0.05, 0.1) is 6.10 Å². The van der Waals surface area contributed by atoms with Gasteiger partial charge >= 0.3 is 0 Å². The van der Waals surface area contributed by atoms with Crippen molar-refractivity contribution < 1.29 is 5.11 Å². The van der Waals surface area contributed by atoms with Gasteiger partial charge < -0.3 is 10.0 Å². The van der Waals surface area contributed by atoms with Crippen LogP contribution >= 0.6 is 11.8 Å². The summed E-state index contributed by atoms with van der Waals surface area (Å²) in [6.07, 6.45) is 4.41. The van der Waals surface area contributed by atoms with Crippen molar-refractivity contribution in [3.8, 4) is 6.19 Å². The predicted molar refractivity (Wildman–Crippen MR) is 57.9 cm³/mol. The Balaban J connectivity index is 2.57. The fourth-order valence-corrected chi connectivity index (χ4v) is 2.20. The van der Waals surface area contributed by atoms with E-state index in [0.717, 1.165) is 24.7 Å². The van der Waals surface area contributed by atoms with Crippen LogP contribution in [0.5, 0.6) is 0 Å². The van der Waals surface area contributed by atoms with Gasteiger partial charge in [0.25, 0.3) is 0 Å². The molecule has 0 aromatic rings. The molecule has 1 fully saturated rings. The quantitative estimate of drug-likeness (QED) is 0.399. The minimum Gasteiger partial charge on any atom is -0.393 e. The molecule has 1 heterocycles. The summed E-state index contributed by atoms with van der Waals surface area (Å²) < 4.78 is 0. The van der Waals surface area contributed by atoms with Gasteiger partial charge in [0.15, 0.2) is 5.17 Å². The molecule has 14 heavy (non-hydrogen) atoms. The van der Waals surface area contributed by atoms with Crippen LogP contribution in [0.1, 0.15) is 13.3 Å². The molecule has 0 bridgehead atoms. The van der Waals surface area contributed by atoms with E-state index in [9.17, 15) is 5.11 Å². The van der Waals surface area contributed by atoms with Crippen molar-refractivity contribution in [2.24, 2.45) is 10.9 Å². The summed E-state index contributed by atoms with van der Waals surface area (Å²) in [5.41, 5.74) is 0. The molecule has 0 amide bonds. The Labute approximate surface area is 88.6 Å². The van der Waals surface area contributed by atoms with Crippen molar-refractivity contribution in [1.29, 1.82) is 5.26 Å². The number of amidine groups is 1. The second-order valence-electron chi connectivity index (χ2n) is 3.43. The predicted octanol–water partition coefficient (Wildman–Crippen LogP) is 0.889. The molecule has 0 radical (unpaired) electrons. The number of aliphatic hydroxyl groups is 1. The van der Waals surface area contributed by atoms with E-state index in [1.807, 2.05) is 13.2 Å². The maximum Gasteiger partial charge on any atom is 0.208 e. The molecule has 4 nitrogen and oxygen atoms in total. The van der Waals surface area contributed by atoms with Crippen molar-refractivity contribution in [2.75, 3.05) is 19.3 Å². The fraction of sp³-hybridized carbons (Fsp3) is 0.778. The molecule has 1 aliphatic rings. The first-order valence-corrected chi connectivity index (χ1v) is 5.85. The van der Waals surface area contributed by atoms with E-state index in [4.69, 9.17) is 5.26 Å². The average molecular weight is 213 g/mol. The lowest BCUT2D eigenvalue weighted by atomic mass is 10.0. The first-order valence-electron chi connectivity index (χ1n) is 4.62. The molecule has 0 aliphatic carbocycles. The van der Waals surface area contributed by atoms with Crippen molar-refractivity contribution >= 4 is 16.9 Å². The molecule has 0 aromatic carbocycles. The summed E-state index contributed by atoms with van der Waals surface area (Å²) in [4.78, 5) is 5.81. The van der Waals surface area contributed by atoms with Gasteiger partial charge in [-0.05, 0) is 19.6 Å². The maximum atomic E-state index is 9.42. The largest absolute Gasteiger partial charge is 0.393 e. The summed E-state index contributed by atoms with van der Waals surface area (Å²) in [5, 5.41) is 18.7. The van der Waals surface area contributed by atoms with Crippen LogP contribution < -0.4 is 0 Å². The van der Waals surface area contributed by atoms with E-state index in [1.165, 1.54) is 11.8 Å². The molecular formula is C9H15N3OS. The maximum absolute atomic E-state index is 9.42. The third-order valence-corrected chi connectivity index (χ3v) is 3.22. The van der Waals surface area contributed by atoms with Crippen LogP contribution in [0.2, 0.25) is 0 Å². The van der Waals surface area contributed by atoms with Crippen molar-refractivity contribution in [3.05, 3.63) is 0 Å². The number of thioether (sulfide) groups is 1. The van der Waals surface area contributed by atoms with Crippen LogP contribution in [-0.2, 0) is 0 Å². The number of rotatable bonds is 1. The molecule has 0 saturated carbocycles. The molecular weight excluding hydrogens is 198 g/mol. The van der Waals surface area contributed by atoms with Crippen molar-refractivity contribution in [1.82, 2.24) is 4.90 Å². The molecule has 5 heteroatoms. The van der Waals surface area contributed by atoms with Gasteiger partial charge in [-0.2, -0.15) is 5.26 Å². The van der Waals surface area contributed by atoms with E-state index in [2.05, 4.69) is 9.89 Å². The van der Waals surface area contributed by atoms with E-state index in [0.29, 0.717) is 5.92 Å². The van der Waals surface area contributed by atoms with Gasteiger partial charge in [-0.3, -0.25) is 0 Å². The van der Waals surface area contributed by atoms with Gasteiger partial charge in [0, 0.05) is 19.0 Å². The monoisotopic (exact) mass is 213 g/mol. The zero-order valence-electron chi connectivity index (χ0n) is 8.47. The highest BCUT2D eigenvalue weighted by molar-refractivity contribution is 8.13. The lowest BCUT2D eigenvalue weighted by molar-refractivity contribution is 0.132. The third kappa shape index (κ3) is 2.63. The SMILES string of the molecule is CSC(=NC#N)N1CCC(C(C)O)C1.